The first-order valence-corrected chi connectivity index (χ1v) is 10.1. The number of rotatable bonds is 3. The van der Waals surface area contributed by atoms with Crippen molar-refractivity contribution >= 4 is 28.8 Å². The van der Waals surface area contributed by atoms with Crippen molar-refractivity contribution in [3.8, 4) is 0 Å². The number of hydrogen-bond donors (Lipinski definition) is 3. The monoisotopic (exact) mass is 413 g/mol. The van der Waals surface area contributed by atoms with E-state index in [1.807, 2.05) is 0 Å². The summed E-state index contributed by atoms with van der Waals surface area (Å²) in [5.74, 6) is -0.176. The molecule has 3 aromatic rings. The average molecular weight is 413 g/mol. The van der Waals surface area contributed by atoms with E-state index in [1.54, 1.807) is 30.2 Å². The molecule has 1 saturated carbocycles. The predicted octanol–water partition coefficient (Wildman–Crippen LogP) is 2.42. The summed E-state index contributed by atoms with van der Waals surface area (Å²) in [6, 6.07) is -0.000660. The minimum absolute atomic E-state index is 0.000660. The van der Waals surface area contributed by atoms with Crippen molar-refractivity contribution in [2.24, 2.45) is 5.41 Å². The van der Waals surface area contributed by atoms with Gasteiger partial charge in [-0.3, -0.25) is 9.20 Å². The molecule has 0 unspecified atom stereocenters. The van der Waals surface area contributed by atoms with Gasteiger partial charge in [0.05, 0.1) is 11.8 Å². The molecule has 0 aromatic carbocycles. The van der Waals surface area contributed by atoms with E-state index in [2.05, 4.69) is 51.6 Å². The highest BCUT2D eigenvalue weighted by Gasteiger charge is 2.48. The van der Waals surface area contributed by atoms with Crippen molar-refractivity contribution in [2.75, 3.05) is 7.05 Å². The Morgan fingerprint density at radius 1 is 1.30 bits per heavy atom. The molecule has 0 radical (unpaired) electrons. The van der Waals surface area contributed by atoms with Crippen molar-refractivity contribution < 1.29 is 14.3 Å². The third-order valence-electron chi connectivity index (χ3n) is 6.19. The number of carbonyl (C=O) groups excluding carboxylic acids is 2. The largest absolute Gasteiger partial charge is 0.442 e. The van der Waals surface area contributed by atoms with Gasteiger partial charge in [0, 0.05) is 24.7 Å². The quantitative estimate of drug-likeness (QED) is 0.605. The normalized spacial score (nSPS) is 22.2. The van der Waals surface area contributed by atoms with Crippen LogP contribution in [-0.4, -0.2) is 55.3 Å². The number of alkyl carbamates (subject to hydrolysis) is 1. The highest BCUT2D eigenvalue weighted by atomic mass is 16.6. The lowest BCUT2D eigenvalue weighted by Crippen LogP contribution is -2.53. The van der Waals surface area contributed by atoms with Gasteiger partial charge < -0.3 is 20.4 Å². The lowest BCUT2D eigenvalue weighted by Gasteiger charge is -2.48. The van der Waals surface area contributed by atoms with Gasteiger partial charge in [-0.15, -0.1) is 10.2 Å². The van der Waals surface area contributed by atoms with Crippen LogP contribution in [0.3, 0.4) is 0 Å². The molecule has 0 aliphatic heterocycles. The maximum Gasteiger partial charge on any atom is 0.407 e. The van der Waals surface area contributed by atoms with E-state index in [1.165, 1.54) is 0 Å². The molecule has 0 bridgehead atoms. The third-order valence-corrected chi connectivity index (χ3v) is 6.19. The van der Waals surface area contributed by atoms with Crippen LogP contribution >= 0.6 is 0 Å². The number of amides is 2. The first-order chi connectivity index (χ1) is 14.2. The predicted molar refractivity (Wildman–Crippen MR) is 110 cm³/mol. The summed E-state index contributed by atoms with van der Waals surface area (Å²) in [7, 11) is 1.56. The SMILES string of the molecule is CNC(=O)OC1(C(C)(C)C)CCC(NC(=O)c2c[nH]c3ncc4nncn4c23)CC1. The summed E-state index contributed by atoms with van der Waals surface area (Å²) < 4.78 is 7.57. The van der Waals surface area contributed by atoms with E-state index in [-0.39, 0.29) is 17.4 Å². The Bertz CT molecular complexity index is 1090. The van der Waals surface area contributed by atoms with Gasteiger partial charge in [-0.05, 0) is 25.7 Å². The Kier molecular flexibility index (Phi) is 4.87. The average Bonchev–Trinajstić information content (AvgIpc) is 3.34. The third kappa shape index (κ3) is 3.35. The maximum atomic E-state index is 13.0. The van der Waals surface area contributed by atoms with E-state index in [0.717, 1.165) is 12.8 Å². The topological polar surface area (TPSA) is 126 Å². The van der Waals surface area contributed by atoms with Gasteiger partial charge in [0.1, 0.15) is 17.4 Å². The van der Waals surface area contributed by atoms with Crippen LogP contribution in [0.5, 0.6) is 0 Å². The van der Waals surface area contributed by atoms with Crippen LogP contribution in [0.4, 0.5) is 4.79 Å². The number of carbonyl (C=O) groups is 2. The Morgan fingerprint density at radius 2 is 2.03 bits per heavy atom. The maximum absolute atomic E-state index is 13.0. The molecule has 4 rings (SSSR count). The number of fused-ring (bicyclic) bond motifs is 3. The second-order valence-corrected chi connectivity index (χ2v) is 8.85. The van der Waals surface area contributed by atoms with Crippen molar-refractivity contribution in [1.82, 2.24) is 35.2 Å². The van der Waals surface area contributed by atoms with Crippen LogP contribution in [0, 0.1) is 5.41 Å². The highest BCUT2D eigenvalue weighted by Crippen LogP contribution is 2.45. The van der Waals surface area contributed by atoms with E-state index in [0.29, 0.717) is 35.2 Å². The van der Waals surface area contributed by atoms with E-state index in [9.17, 15) is 9.59 Å². The van der Waals surface area contributed by atoms with Crippen LogP contribution in [0.15, 0.2) is 18.7 Å². The minimum Gasteiger partial charge on any atom is -0.442 e. The Balaban J connectivity index is 1.50. The summed E-state index contributed by atoms with van der Waals surface area (Å²) in [5, 5.41) is 13.6. The first kappa shape index (κ1) is 20.1. The van der Waals surface area contributed by atoms with Crippen LogP contribution < -0.4 is 10.6 Å². The molecule has 10 heteroatoms. The number of aromatic amines is 1. The number of ether oxygens (including phenoxy) is 1. The van der Waals surface area contributed by atoms with Crippen molar-refractivity contribution in [3.05, 3.63) is 24.3 Å². The molecule has 160 valence electrons. The molecule has 2 amide bonds. The molecule has 0 saturated heterocycles. The molecule has 1 aliphatic rings. The molecule has 0 spiro atoms. The Hall–Kier alpha value is -3.17. The zero-order valence-electron chi connectivity index (χ0n) is 17.7. The number of nitrogens with one attached hydrogen (secondary N) is 3. The van der Waals surface area contributed by atoms with E-state index in [4.69, 9.17) is 4.74 Å². The van der Waals surface area contributed by atoms with Crippen LogP contribution in [0.25, 0.3) is 16.8 Å². The fourth-order valence-electron chi connectivity index (χ4n) is 4.27. The lowest BCUT2D eigenvalue weighted by molar-refractivity contribution is -0.0949. The summed E-state index contributed by atoms with van der Waals surface area (Å²) in [4.78, 5) is 32.3. The van der Waals surface area contributed by atoms with Crippen LogP contribution in [0.1, 0.15) is 56.8 Å². The van der Waals surface area contributed by atoms with E-state index < -0.39 is 11.7 Å². The molecule has 1 fully saturated rings. The summed E-state index contributed by atoms with van der Waals surface area (Å²) in [6.45, 7) is 6.24. The standard InChI is InChI=1S/C20H27N7O3/c1-19(2,3)20(30-18(29)21-4)7-5-12(6-8-20)25-17(28)13-9-22-16-15(13)27-11-24-26-14(27)10-23-16/h9-12,22H,5-8H2,1-4H3,(H,21,29)(H,25,28). The van der Waals surface area contributed by atoms with Gasteiger partial charge in [0.2, 0.25) is 0 Å². The van der Waals surface area contributed by atoms with Gasteiger partial charge in [-0.1, -0.05) is 20.8 Å². The molecular formula is C20H27N7O3. The Morgan fingerprint density at radius 3 is 2.70 bits per heavy atom. The van der Waals surface area contributed by atoms with Crippen molar-refractivity contribution in [2.45, 2.75) is 58.1 Å². The highest BCUT2D eigenvalue weighted by molar-refractivity contribution is 6.05. The minimum atomic E-state index is -0.562. The molecule has 3 N–H and O–H groups in total. The smallest absolute Gasteiger partial charge is 0.407 e. The van der Waals surface area contributed by atoms with Gasteiger partial charge in [-0.2, -0.15) is 0 Å². The van der Waals surface area contributed by atoms with Crippen LogP contribution in [0.2, 0.25) is 0 Å². The number of hydrogen-bond acceptors (Lipinski definition) is 6. The van der Waals surface area contributed by atoms with Gasteiger partial charge in [-0.25, -0.2) is 9.78 Å². The van der Waals surface area contributed by atoms with Gasteiger partial charge in [0.15, 0.2) is 11.3 Å². The van der Waals surface area contributed by atoms with Crippen molar-refractivity contribution in [3.63, 3.8) is 0 Å². The molecule has 10 nitrogen and oxygen atoms in total. The summed E-state index contributed by atoms with van der Waals surface area (Å²) >= 11 is 0. The summed E-state index contributed by atoms with van der Waals surface area (Å²) in [6.07, 6.45) is 7.22. The van der Waals surface area contributed by atoms with Gasteiger partial charge in [0.25, 0.3) is 5.91 Å². The second kappa shape index (κ2) is 7.26. The number of H-pyrrole nitrogens is 1. The Labute approximate surface area is 173 Å². The number of nitrogens with zero attached hydrogens (tertiary/aromatic N) is 4. The first-order valence-electron chi connectivity index (χ1n) is 10.1. The molecule has 1 aliphatic carbocycles. The second-order valence-electron chi connectivity index (χ2n) is 8.85. The lowest BCUT2D eigenvalue weighted by atomic mass is 9.67. The zero-order valence-corrected chi connectivity index (χ0v) is 17.7. The zero-order chi connectivity index (χ0) is 21.5. The fraction of sp³-hybridized carbons (Fsp3) is 0.550. The summed E-state index contributed by atoms with van der Waals surface area (Å²) in [5.41, 5.74) is 1.55. The molecule has 3 aromatic heterocycles. The van der Waals surface area contributed by atoms with Crippen molar-refractivity contribution in [1.29, 1.82) is 0 Å². The number of aromatic nitrogens is 5. The van der Waals surface area contributed by atoms with E-state index >= 15 is 0 Å². The molecular weight excluding hydrogens is 386 g/mol. The van der Waals surface area contributed by atoms with Crippen LogP contribution in [-0.2, 0) is 4.74 Å². The molecule has 3 heterocycles. The molecule has 0 atom stereocenters. The van der Waals surface area contributed by atoms with Gasteiger partial charge >= 0.3 is 6.09 Å². The molecule has 30 heavy (non-hydrogen) atoms. The fourth-order valence-corrected chi connectivity index (χ4v) is 4.27.